The zero-order valence-corrected chi connectivity index (χ0v) is 12.2. The number of nitrogens with zero attached hydrogens (tertiary/aromatic N) is 2. The maximum atomic E-state index is 9.09. The summed E-state index contributed by atoms with van der Waals surface area (Å²) in [5.74, 6) is 0. The summed E-state index contributed by atoms with van der Waals surface area (Å²) in [6, 6.07) is 10.6. The first-order chi connectivity index (χ1) is 9.20. The molecule has 1 N–H and O–H groups in total. The van der Waals surface area contributed by atoms with Gasteiger partial charge < -0.3 is 5.11 Å². The van der Waals surface area contributed by atoms with E-state index in [4.69, 9.17) is 5.11 Å². The molecule has 0 aliphatic heterocycles. The van der Waals surface area contributed by atoms with Crippen molar-refractivity contribution in [2.45, 2.75) is 26.4 Å². The van der Waals surface area contributed by atoms with Gasteiger partial charge in [0.1, 0.15) is 5.01 Å². The Morgan fingerprint density at radius 2 is 2.00 bits per heavy atom. The standard InChI is InChI=1S/C15H20N2OS/c1-12(2)17(8-9-18)10-14-11-19-15(16-14)13-6-4-3-5-7-13/h3-7,11-12,18H,8-10H2,1-2H3. The largest absolute Gasteiger partial charge is 0.395 e. The summed E-state index contributed by atoms with van der Waals surface area (Å²) in [7, 11) is 0. The van der Waals surface area contributed by atoms with Crippen LogP contribution in [0.25, 0.3) is 10.6 Å². The topological polar surface area (TPSA) is 36.4 Å². The highest BCUT2D eigenvalue weighted by Crippen LogP contribution is 2.24. The molecular weight excluding hydrogens is 256 g/mol. The van der Waals surface area contributed by atoms with E-state index in [1.54, 1.807) is 11.3 Å². The molecule has 1 aromatic carbocycles. The molecular formula is C15H20N2OS. The smallest absolute Gasteiger partial charge is 0.123 e. The molecule has 1 heterocycles. The van der Waals surface area contributed by atoms with Crippen LogP contribution in [0.3, 0.4) is 0 Å². The molecule has 0 aliphatic carbocycles. The highest BCUT2D eigenvalue weighted by Gasteiger charge is 2.12. The van der Waals surface area contributed by atoms with Crippen LogP contribution in [-0.2, 0) is 6.54 Å². The highest BCUT2D eigenvalue weighted by molar-refractivity contribution is 7.13. The van der Waals surface area contributed by atoms with Gasteiger partial charge >= 0.3 is 0 Å². The fraction of sp³-hybridized carbons (Fsp3) is 0.400. The molecule has 0 spiro atoms. The van der Waals surface area contributed by atoms with E-state index in [1.165, 1.54) is 0 Å². The van der Waals surface area contributed by atoms with Gasteiger partial charge in [-0.2, -0.15) is 0 Å². The van der Waals surface area contributed by atoms with Gasteiger partial charge in [0.25, 0.3) is 0 Å². The average Bonchev–Trinajstić information content (AvgIpc) is 2.88. The monoisotopic (exact) mass is 276 g/mol. The molecule has 0 amide bonds. The van der Waals surface area contributed by atoms with Gasteiger partial charge in [-0.25, -0.2) is 4.98 Å². The Balaban J connectivity index is 2.09. The lowest BCUT2D eigenvalue weighted by atomic mass is 10.2. The Bertz CT molecular complexity index is 496. The summed E-state index contributed by atoms with van der Waals surface area (Å²) in [4.78, 5) is 6.91. The van der Waals surface area contributed by atoms with E-state index >= 15 is 0 Å². The quantitative estimate of drug-likeness (QED) is 0.881. The molecule has 0 unspecified atom stereocenters. The number of hydrogen-bond acceptors (Lipinski definition) is 4. The summed E-state index contributed by atoms with van der Waals surface area (Å²) >= 11 is 1.67. The maximum absolute atomic E-state index is 9.09. The third-order valence-corrected chi connectivity index (χ3v) is 4.00. The lowest BCUT2D eigenvalue weighted by molar-refractivity contribution is 0.158. The molecule has 0 saturated carbocycles. The third-order valence-electron chi connectivity index (χ3n) is 3.06. The molecule has 0 saturated heterocycles. The Hall–Kier alpha value is -1.23. The molecule has 19 heavy (non-hydrogen) atoms. The van der Waals surface area contributed by atoms with Crippen molar-refractivity contribution in [1.29, 1.82) is 0 Å². The summed E-state index contributed by atoms with van der Waals surface area (Å²) in [6.07, 6.45) is 0. The average molecular weight is 276 g/mol. The van der Waals surface area contributed by atoms with E-state index < -0.39 is 0 Å². The van der Waals surface area contributed by atoms with Crippen LogP contribution < -0.4 is 0 Å². The van der Waals surface area contributed by atoms with Gasteiger partial charge in [-0.15, -0.1) is 11.3 Å². The van der Waals surface area contributed by atoms with E-state index in [0.29, 0.717) is 12.6 Å². The van der Waals surface area contributed by atoms with Crippen LogP contribution in [0.5, 0.6) is 0 Å². The van der Waals surface area contributed by atoms with Crippen LogP contribution in [0.4, 0.5) is 0 Å². The summed E-state index contributed by atoms with van der Waals surface area (Å²) in [5.41, 5.74) is 2.24. The second kappa shape index (κ2) is 6.80. The van der Waals surface area contributed by atoms with Crippen LogP contribution in [-0.4, -0.2) is 34.2 Å². The van der Waals surface area contributed by atoms with Crippen LogP contribution in [0.15, 0.2) is 35.7 Å². The van der Waals surface area contributed by atoms with Crippen molar-refractivity contribution in [1.82, 2.24) is 9.88 Å². The minimum absolute atomic E-state index is 0.188. The number of aromatic nitrogens is 1. The predicted molar refractivity (Wildman–Crippen MR) is 80.2 cm³/mol. The predicted octanol–water partition coefficient (Wildman–Crippen LogP) is 3.01. The first kappa shape index (κ1) is 14.2. The molecule has 102 valence electrons. The van der Waals surface area contributed by atoms with Crippen LogP contribution in [0.2, 0.25) is 0 Å². The summed E-state index contributed by atoms with van der Waals surface area (Å²) < 4.78 is 0. The number of aliphatic hydroxyl groups is 1. The van der Waals surface area contributed by atoms with Gasteiger partial charge in [-0.1, -0.05) is 30.3 Å². The molecule has 0 fully saturated rings. The van der Waals surface area contributed by atoms with Gasteiger partial charge in [0, 0.05) is 30.1 Å². The molecule has 0 atom stereocenters. The zero-order chi connectivity index (χ0) is 13.7. The second-order valence-corrected chi connectivity index (χ2v) is 5.66. The van der Waals surface area contributed by atoms with Crippen molar-refractivity contribution in [3.63, 3.8) is 0 Å². The Kier molecular flexibility index (Phi) is 5.07. The zero-order valence-electron chi connectivity index (χ0n) is 11.4. The number of benzene rings is 1. The molecule has 1 aromatic heterocycles. The van der Waals surface area contributed by atoms with E-state index in [9.17, 15) is 0 Å². The van der Waals surface area contributed by atoms with E-state index in [-0.39, 0.29) is 6.61 Å². The van der Waals surface area contributed by atoms with Crippen molar-refractivity contribution >= 4 is 11.3 Å². The SMILES string of the molecule is CC(C)N(CCO)Cc1csc(-c2ccccc2)n1. The molecule has 0 aliphatic rings. The van der Waals surface area contributed by atoms with Crippen molar-refractivity contribution in [2.75, 3.05) is 13.2 Å². The molecule has 2 rings (SSSR count). The maximum Gasteiger partial charge on any atom is 0.123 e. The van der Waals surface area contributed by atoms with E-state index in [0.717, 1.165) is 22.8 Å². The van der Waals surface area contributed by atoms with Gasteiger partial charge in [0.2, 0.25) is 0 Å². The fourth-order valence-corrected chi connectivity index (χ4v) is 2.77. The van der Waals surface area contributed by atoms with Gasteiger partial charge in [-0.3, -0.25) is 4.90 Å². The Labute approximate surface area is 118 Å². The Morgan fingerprint density at radius 3 is 2.63 bits per heavy atom. The normalized spacial score (nSPS) is 11.4. The Morgan fingerprint density at radius 1 is 1.26 bits per heavy atom. The lowest BCUT2D eigenvalue weighted by Crippen LogP contribution is -2.32. The highest BCUT2D eigenvalue weighted by atomic mass is 32.1. The minimum Gasteiger partial charge on any atom is -0.395 e. The first-order valence-corrected chi connectivity index (χ1v) is 7.43. The van der Waals surface area contributed by atoms with Gasteiger partial charge in [0.15, 0.2) is 0 Å². The molecule has 0 bridgehead atoms. The first-order valence-electron chi connectivity index (χ1n) is 6.55. The van der Waals surface area contributed by atoms with Crippen molar-refractivity contribution in [2.24, 2.45) is 0 Å². The number of rotatable bonds is 6. The molecule has 2 aromatic rings. The summed E-state index contributed by atoms with van der Waals surface area (Å²) in [6.45, 7) is 5.95. The van der Waals surface area contributed by atoms with Crippen molar-refractivity contribution in [3.05, 3.63) is 41.4 Å². The molecule has 3 nitrogen and oxygen atoms in total. The van der Waals surface area contributed by atoms with E-state index in [2.05, 4.69) is 41.2 Å². The van der Waals surface area contributed by atoms with Crippen LogP contribution in [0, 0.1) is 0 Å². The van der Waals surface area contributed by atoms with Crippen molar-refractivity contribution < 1.29 is 5.11 Å². The van der Waals surface area contributed by atoms with E-state index in [1.807, 2.05) is 18.2 Å². The lowest BCUT2D eigenvalue weighted by Gasteiger charge is -2.24. The van der Waals surface area contributed by atoms with Gasteiger partial charge in [0.05, 0.1) is 12.3 Å². The number of thiazole rings is 1. The fourth-order valence-electron chi connectivity index (χ4n) is 1.95. The molecule has 4 heteroatoms. The molecule has 0 radical (unpaired) electrons. The minimum atomic E-state index is 0.188. The summed E-state index contributed by atoms with van der Waals surface area (Å²) in [5, 5.41) is 12.3. The second-order valence-electron chi connectivity index (χ2n) is 4.80. The number of aliphatic hydroxyl groups excluding tert-OH is 1. The van der Waals surface area contributed by atoms with Crippen molar-refractivity contribution in [3.8, 4) is 10.6 Å². The third kappa shape index (κ3) is 3.86. The van der Waals surface area contributed by atoms with Gasteiger partial charge in [-0.05, 0) is 13.8 Å². The van der Waals surface area contributed by atoms with Crippen LogP contribution in [0.1, 0.15) is 19.5 Å². The number of hydrogen-bond donors (Lipinski definition) is 1. The van der Waals surface area contributed by atoms with Crippen LogP contribution >= 0.6 is 11.3 Å².